The van der Waals surface area contributed by atoms with Gasteiger partial charge in [-0.15, -0.1) is 11.6 Å². The van der Waals surface area contributed by atoms with Gasteiger partial charge in [-0.2, -0.15) is 0 Å². The predicted octanol–water partition coefficient (Wildman–Crippen LogP) is 2.39. The minimum absolute atomic E-state index is 0.453. The summed E-state index contributed by atoms with van der Waals surface area (Å²) < 4.78 is 0. The molecule has 0 bridgehead atoms. The van der Waals surface area contributed by atoms with Crippen molar-refractivity contribution in [1.29, 1.82) is 0 Å². The summed E-state index contributed by atoms with van der Waals surface area (Å²) in [5, 5.41) is 3.90. The maximum absolute atomic E-state index is 5.99. The molecule has 0 amide bonds. The van der Waals surface area contributed by atoms with Gasteiger partial charge in [-0.25, -0.2) is 0 Å². The van der Waals surface area contributed by atoms with Crippen LogP contribution in [0, 0.1) is 5.92 Å². The first kappa shape index (κ1) is 9.34. The number of rotatable bonds is 3. The van der Waals surface area contributed by atoms with Crippen LogP contribution >= 0.6 is 11.6 Å². The van der Waals surface area contributed by atoms with Crippen molar-refractivity contribution >= 4 is 11.6 Å². The van der Waals surface area contributed by atoms with E-state index in [1.54, 1.807) is 0 Å². The third kappa shape index (κ3) is 3.44. The van der Waals surface area contributed by atoms with Crippen molar-refractivity contribution in [2.24, 2.45) is 5.92 Å². The Kier molecular flexibility index (Phi) is 3.67. The van der Waals surface area contributed by atoms with Crippen LogP contribution in [0.15, 0.2) is 0 Å². The van der Waals surface area contributed by atoms with Gasteiger partial charge in [0, 0.05) is 11.4 Å². The predicted molar refractivity (Wildman–Crippen MR) is 50.1 cm³/mol. The summed E-state index contributed by atoms with van der Waals surface area (Å²) in [6.45, 7) is 5.53. The van der Waals surface area contributed by atoms with Gasteiger partial charge in [0.25, 0.3) is 0 Å². The number of halogens is 1. The molecule has 0 aromatic heterocycles. The molecule has 1 aliphatic rings. The molecule has 2 heteroatoms. The zero-order valence-corrected chi connectivity index (χ0v) is 8.19. The van der Waals surface area contributed by atoms with Crippen LogP contribution in [-0.2, 0) is 0 Å². The molecule has 2 unspecified atom stereocenters. The normalized spacial score (nSPS) is 31.6. The lowest BCUT2D eigenvalue weighted by atomic mass is 10.1. The second-order valence-corrected chi connectivity index (χ2v) is 4.46. The van der Waals surface area contributed by atoms with Crippen molar-refractivity contribution in [3.05, 3.63) is 0 Å². The fraction of sp³-hybridized carbons (Fsp3) is 1.00. The molecule has 1 N–H and O–H groups in total. The summed E-state index contributed by atoms with van der Waals surface area (Å²) in [6, 6.07) is 0.615. The molecule has 0 heterocycles. The van der Waals surface area contributed by atoms with Crippen LogP contribution in [-0.4, -0.2) is 18.0 Å². The molecule has 0 radical (unpaired) electrons. The minimum Gasteiger partial charge on any atom is -0.314 e. The van der Waals surface area contributed by atoms with E-state index in [1.807, 2.05) is 0 Å². The first-order chi connectivity index (χ1) is 5.18. The molecule has 2 atom stereocenters. The molecule has 1 nitrogen and oxygen atoms in total. The maximum Gasteiger partial charge on any atom is 0.0339 e. The lowest BCUT2D eigenvalue weighted by Crippen LogP contribution is -2.28. The highest BCUT2D eigenvalue weighted by Gasteiger charge is 2.22. The smallest absolute Gasteiger partial charge is 0.0339 e. The quantitative estimate of drug-likeness (QED) is 0.650. The fourth-order valence-corrected chi connectivity index (χ4v) is 1.98. The van der Waals surface area contributed by atoms with Gasteiger partial charge >= 0.3 is 0 Å². The molecule has 1 fully saturated rings. The molecule has 0 aliphatic heterocycles. The topological polar surface area (TPSA) is 12.0 Å². The van der Waals surface area contributed by atoms with Crippen molar-refractivity contribution in [2.45, 2.75) is 44.5 Å². The summed E-state index contributed by atoms with van der Waals surface area (Å²) in [5.41, 5.74) is 0. The molecular formula is C9H18ClN. The molecule has 0 spiro atoms. The summed E-state index contributed by atoms with van der Waals surface area (Å²) in [5.74, 6) is 0.833. The van der Waals surface area contributed by atoms with Crippen molar-refractivity contribution < 1.29 is 0 Å². The van der Waals surface area contributed by atoms with Crippen molar-refractivity contribution in [1.82, 2.24) is 5.32 Å². The lowest BCUT2D eigenvalue weighted by molar-refractivity contribution is 0.459. The lowest BCUT2D eigenvalue weighted by Gasteiger charge is -2.12. The van der Waals surface area contributed by atoms with Crippen LogP contribution < -0.4 is 5.32 Å². The molecule has 0 aromatic carbocycles. The van der Waals surface area contributed by atoms with Crippen molar-refractivity contribution in [3.63, 3.8) is 0 Å². The summed E-state index contributed by atoms with van der Waals surface area (Å²) in [4.78, 5) is 0. The van der Waals surface area contributed by atoms with Crippen LogP contribution in [0.3, 0.4) is 0 Å². The van der Waals surface area contributed by atoms with Gasteiger partial charge in [0.15, 0.2) is 0 Å². The van der Waals surface area contributed by atoms with Gasteiger partial charge in [0.05, 0.1) is 0 Å². The Morgan fingerprint density at radius 2 is 2.18 bits per heavy atom. The third-order valence-corrected chi connectivity index (χ3v) is 2.69. The second kappa shape index (κ2) is 4.32. The zero-order valence-electron chi connectivity index (χ0n) is 7.44. The molecule has 1 rings (SSSR count). The second-order valence-electron chi connectivity index (χ2n) is 3.84. The van der Waals surface area contributed by atoms with E-state index >= 15 is 0 Å². The van der Waals surface area contributed by atoms with E-state index in [0.717, 1.165) is 12.5 Å². The fourth-order valence-electron chi connectivity index (χ4n) is 1.60. The Labute approximate surface area is 74.5 Å². The van der Waals surface area contributed by atoms with Gasteiger partial charge < -0.3 is 5.32 Å². The molecule has 11 heavy (non-hydrogen) atoms. The molecule has 66 valence electrons. The van der Waals surface area contributed by atoms with E-state index in [4.69, 9.17) is 11.6 Å². The van der Waals surface area contributed by atoms with Crippen molar-refractivity contribution in [3.8, 4) is 0 Å². The van der Waals surface area contributed by atoms with Crippen LogP contribution in [0.5, 0.6) is 0 Å². The average Bonchev–Trinajstić information content (AvgIpc) is 2.31. The molecule has 0 saturated heterocycles. The zero-order chi connectivity index (χ0) is 8.27. The van der Waals surface area contributed by atoms with Crippen LogP contribution in [0.25, 0.3) is 0 Å². The van der Waals surface area contributed by atoms with E-state index in [-0.39, 0.29) is 0 Å². The molecule has 0 aromatic rings. The number of hydrogen-bond donors (Lipinski definition) is 1. The third-order valence-electron chi connectivity index (χ3n) is 2.29. The highest BCUT2D eigenvalue weighted by molar-refractivity contribution is 6.20. The summed E-state index contributed by atoms with van der Waals surface area (Å²) >= 11 is 5.99. The van der Waals surface area contributed by atoms with E-state index in [0.29, 0.717) is 11.4 Å². The SMILES string of the molecule is CC(C)NCC1CCC(Cl)C1. The van der Waals surface area contributed by atoms with E-state index in [2.05, 4.69) is 19.2 Å². The maximum atomic E-state index is 5.99. The Morgan fingerprint density at radius 3 is 2.64 bits per heavy atom. The Hall–Kier alpha value is 0.250. The number of alkyl halides is 1. The number of hydrogen-bond acceptors (Lipinski definition) is 1. The van der Waals surface area contributed by atoms with Gasteiger partial charge in [-0.05, 0) is 31.7 Å². The van der Waals surface area contributed by atoms with Crippen LogP contribution in [0.1, 0.15) is 33.1 Å². The summed E-state index contributed by atoms with van der Waals surface area (Å²) in [7, 11) is 0. The standard InChI is InChI=1S/C9H18ClN/c1-7(2)11-6-8-3-4-9(10)5-8/h7-9,11H,3-6H2,1-2H3. The average molecular weight is 176 g/mol. The number of nitrogens with one attached hydrogen (secondary N) is 1. The van der Waals surface area contributed by atoms with E-state index in [1.165, 1.54) is 19.3 Å². The van der Waals surface area contributed by atoms with Crippen molar-refractivity contribution in [2.75, 3.05) is 6.54 Å². The first-order valence-corrected chi connectivity index (χ1v) is 4.99. The Balaban J connectivity index is 2.08. The molecule has 1 saturated carbocycles. The largest absolute Gasteiger partial charge is 0.314 e. The monoisotopic (exact) mass is 175 g/mol. The Morgan fingerprint density at radius 1 is 1.45 bits per heavy atom. The molecular weight excluding hydrogens is 158 g/mol. The van der Waals surface area contributed by atoms with Crippen LogP contribution in [0.2, 0.25) is 0 Å². The van der Waals surface area contributed by atoms with Crippen LogP contribution in [0.4, 0.5) is 0 Å². The van der Waals surface area contributed by atoms with E-state index < -0.39 is 0 Å². The van der Waals surface area contributed by atoms with E-state index in [9.17, 15) is 0 Å². The first-order valence-electron chi connectivity index (χ1n) is 4.56. The van der Waals surface area contributed by atoms with Gasteiger partial charge in [-0.3, -0.25) is 0 Å². The highest BCUT2D eigenvalue weighted by atomic mass is 35.5. The minimum atomic E-state index is 0.453. The van der Waals surface area contributed by atoms with Gasteiger partial charge in [-0.1, -0.05) is 13.8 Å². The summed E-state index contributed by atoms with van der Waals surface area (Å²) in [6.07, 6.45) is 3.74. The molecule has 1 aliphatic carbocycles. The van der Waals surface area contributed by atoms with Gasteiger partial charge in [0.1, 0.15) is 0 Å². The van der Waals surface area contributed by atoms with Gasteiger partial charge in [0.2, 0.25) is 0 Å². The Bertz CT molecular complexity index is 114. The highest BCUT2D eigenvalue weighted by Crippen LogP contribution is 2.28.